The summed E-state index contributed by atoms with van der Waals surface area (Å²) < 4.78 is 0. The Morgan fingerprint density at radius 3 is 2.19 bits per heavy atom. The maximum absolute atomic E-state index is 3.48. The summed E-state index contributed by atoms with van der Waals surface area (Å²) >= 11 is 0. The number of rotatable bonds is 12. The average Bonchev–Trinajstić information content (AvgIpc) is 2.28. The van der Waals surface area contributed by atoms with Crippen molar-refractivity contribution in [1.82, 2.24) is 10.6 Å². The number of likely N-dealkylation sites (N-methyl/N-ethyl adjacent to an activating group) is 1. The fourth-order valence-corrected chi connectivity index (χ4v) is 1.94. The highest BCUT2D eigenvalue weighted by atomic mass is 14.9. The molecule has 0 fully saturated rings. The van der Waals surface area contributed by atoms with Crippen LogP contribution in [0.2, 0.25) is 0 Å². The molecule has 0 aliphatic carbocycles. The van der Waals surface area contributed by atoms with Gasteiger partial charge in [-0.3, -0.25) is 0 Å². The van der Waals surface area contributed by atoms with Crippen LogP contribution in [0.1, 0.15) is 59.3 Å². The maximum atomic E-state index is 3.48. The molecule has 0 saturated heterocycles. The first kappa shape index (κ1) is 15.9. The third-order valence-electron chi connectivity index (χ3n) is 3.08. The summed E-state index contributed by atoms with van der Waals surface area (Å²) in [7, 11) is 0. The molecule has 98 valence electrons. The molecule has 0 aromatic heterocycles. The minimum atomic E-state index is 0.919. The molecule has 0 aromatic carbocycles. The SMILES string of the molecule is CCCCCC(C)CCCNCCNCC. The predicted molar refractivity (Wildman–Crippen MR) is 74.0 cm³/mol. The van der Waals surface area contributed by atoms with Crippen LogP contribution in [0.15, 0.2) is 0 Å². The number of nitrogens with one attached hydrogen (secondary N) is 2. The minimum Gasteiger partial charge on any atom is -0.316 e. The normalized spacial score (nSPS) is 12.9. The Hall–Kier alpha value is -0.0800. The van der Waals surface area contributed by atoms with Crippen LogP contribution in [0.5, 0.6) is 0 Å². The molecule has 2 nitrogen and oxygen atoms in total. The van der Waals surface area contributed by atoms with E-state index in [-0.39, 0.29) is 0 Å². The molecule has 0 bridgehead atoms. The molecule has 2 N–H and O–H groups in total. The van der Waals surface area contributed by atoms with Crippen LogP contribution in [0.25, 0.3) is 0 Å². The molecule has 1 unspecified atom stereocenters. The highest BCUT2D eigenvalue weighted by Crippen LogP contribution is 2.14. The lowest BCUT2D eigenvalue weighted by molar-refractivity contribution is 0.442. The first-order chi connectivity index (χ1) is 7.81. The van der Waals surface area contributed by atoms with Gasteiger partial charge in [-0.1, -0.05) is 46.5 Å². The van der Waals surface area contributed by atoms with Gasteiger partial charge in [-0.05, 0) is 31.8 Å². The van der Waals surface area contributed by atoms with Gasteiger partial charge in [0.1, 0.15) is 0 Å². The molecule has 16 heavy (non-hydrogen) atoms. The predicted octanol–water partition coefficient (Wildman–Crippen LogP) is 3.18. The summed E-state index contributed by atoms with van der Waals surface area (Å²) in [6, 6.07) is 0. The zero-order chi connectivity index (χ0) is 12.1. The van der Waals surface area contributed by atoms with Gasteiger partial charge in [0.15, 0.2) is 0 Å². The Morgan fingerprint density at radius 1 is 0.812 bits per heavy atom. The number of hydrogen-bond donors (Lipinski definition) is 2. The highest BCUT2D eigenvalue weighted by molar-refractivity contribution is 4.57. The first-order valence-corrected chi connectivity index (χ1v) is 7.22. The fraction of sp³-hybridized carbons (Fsp3) is 1.00. The quantitative estimate of drug-likeness (QED) is 0.501. The third-order valence-corrected chi connectivity index (χ3v) is 3.08. The van der Waals surface area contributed by atoms with Gasteiger partial charge in [0, 0.05) is 13.1 Å². The molecule has 0 aliphatic heterocycles. The summed E-state index contributed by atoms with van der Waals surface area (Å²) in [6.45, 7) is 11.3. The zero-order valence-corrected chi connectivity index (χ0v) is 11.6. The summed E-state index contributed by atoms with van der Waals surface area (Å²) in [5, 5.41) is 6.80. The Kier molecular flexibility index (Phi) is 12.9. The Balaban J connectivity index is 3.06. The Morgan fingerprint density at radius 2 is 1.50 bits per heavy atom. The van der Waals surface area contributed by atoms with Gasteiger partial charge in [-0.15, -0.1) is 0 Å². The largest absolute Gasteiger partial charge is 0.316 e. The lowest BCUT2D eigenvalue weighted by Gasteiger charge is -2.11. The maximum Gasteiger partial charge on any atom is 0.00767 e. The summed E-state index contributed by atoms with van der Waals surface area (Å²) in [6.07, 6.45) is 8.32. The van der Waals surface area contributed by atoms with E-state index in [1.54, 1.807) is 0 Å². The monoisotopic (exact) mass is 228 g/mol. The van der Waals surface area contributed by atoms with Crippen molar-refractivity contribution < 1.29 is 0 Å². The fourth-order valence-electron chi connectivity index (χ4n) is 1.94. The van der Waals surface area contributed by atoms with Gasteiger partial charge in [-0.2, -0.15) is 0 Å². The molecule has 0 aromatic rings. The molecule has 0 spiro atoms. The number of unbranched alkanes of at least 4 members (excludes halogenated alkanes) is 2. The van der Waals surface area contributed by atoms with Crippen molar-refractivity contribution in [3.05, 3.63) is 0 Å². The van der Waals surface area contributed by atoms with E-state index in [9.17, 15) is 0 Å². The molecular formula is C14H32N2. The van der Waals surface area contributed by atoms with Crippen molar-refractivity contribution in [2.45, 2.75) is 59.3 Å². The standard InChI is InChI=1S/C14H32N2/c1-4-6-7-9-14(3)10-8-11-16-13-12-15-5-2/h14-16H,4-13H2,1-3H3. The molecule has 0 heterocycles. The molecule has 0 rings (SSSR count). The lowest BCUT2D eigenvalue weighted by Crippen LogP contribution is -2.27. The van der Waals surface area contributed by atoms with Crippen LogP contribution in [-0.4, -0.2) is 26.2 Å². The van der Waals surface area contributed by atoms with E-state index in [0.717, 1.165) is 25.6 Å². The molecule has 0 saturated carbocycles. The Labute approximate surface area is 103 Å². The molecule has 0 aliphatic rings. The zero-order valence-electron chi connectivity index (χ0n) is 11.6. The van der Waals surface area contributed by atoms with Gasteiger partial charge in [0.2, 0.25) is 0 Å². The van der Waals surface area contributed by atoms with Gasteiger partial charge in [0.05, 0.1) is 0 Å². The van der Waals surface area contributed by atoms with Crippen LogP contribution < -0.4 is 10.6 Å². The van der Waals surface area contributed by atoms with Gasteiger partial charge in [0.25, 0.3) is 0 Å². The van der Waals surface area contributed by atoms with Crippen molar-refractivity contribution in [3.8, 4) is 0 Å². The van der Waals surface area contributed by atoms with Crippen molar-refractivity contribution in [3.63, 3.8) is 0 Å². The molecule has 0 radical (unpaired) electrons. The molecule has 2 heteroatoms. The highest BCUT2D eigenvalue weighted by Gasteiger charge is 2.00. The second kappa shape index (κ2) is 13.0. The van der Waals surface area contributed by atoms with E-state index in [1.807, 2.05) is 0 Å². The molecule has 1 atom stereocenters. The summed E-state index contributed by atoms with van der Waals surface area (Å²) in [5.74, 6) is 0.919. The van der Waals surface area contributed by atoms with E-state index >= 15 is 0 Å². The van der Waals surface area contributed by atoms with E-state index in [4.69, 9.17) is 0 Å². The van der Waals surface area contributed by atoms with Gasteiger partial charge < -0.3 is 10.6 Å². The average molecular weight is 228 g/mol. The van der Waals surface area contributed by atoms with Crippen LogP contribution in [-0.2, 0) is 0 Å². The lowest BCUT2D eigenvalue weighted by atomic mass is 9.98. The second-order valence-electron chi connectivity index (χ2n) is 4.85. The first-order valence-electron chi connectivity index (χ1n) is 7.22. The minimum absolute atomic E-state index is 0.919. The van der Waals surface area contributed by atoms with Gasteiger partial charge >= 0.3 is 0 Å². The van der Waals surface area contributed by atoms with Crippen LogP contribution >= 0.6 is 0 Å². The van der Waals surface area contributed by atoms with E-state index in [0.29, 0.717) is 0 Å². The van der Waals surface area contributed by atoms with Crippen molar-refractivity contribution in [2.75, 3.05) is 26.2 Å². The molecular weight excluding hydrogens is 196 g/mol. The smallest absolute Gasteiger partial charge is 0.00767 e. The Bertz CT molecular complexity index is 126. The van der Waals surface area contributed by atoms with E-state index in [2.05, 4.69) is 31.4 Å². The second-order valence-corrected chi connectivity index (χ2v) is 4.85. The van der Waals surface area contributed by atoms with Crippen molar-refractivity contribution >= 4 is 0 Å². The van der Waals surface area contributed by atoms with Gasteiger partial charge in [-0.25, -0.2) is 0 Å². The number of hydrogen-bond acceptors (Lipinski definition) is 2. The van der Waals surface area contributed by atoms with E-state index < -0.39 is 0 Å². The molecule has 0 amide bonds. The van der Waals surface area contributed by atoms with Crippen molar-refractivity contribution in [2.24, 2.45) is 5.92 Å². The van der Waals surface area contributed by atoms with Crippen molar-refractivity contribution in [1.29, 1.82) is 0 Å². The van der Waals surface area contributed by atoms with Crippen LogP contribution in [0.4, 0.5) is 0 Å². The van der Waals surface area contributed by atoms with Crippen LogP contribution in [0, 0.1) is 5.92 Å². The van der Waals surface area contributed by atoms with E-state index in [1.165, 1.54) is 45.1 Å². The summed E-state index contributed by atoms with van der Waals surface area (Å²) in [5.41, 5.74) is 0. The third kappa shape index (κ3) is 12.0. The topological polar surface area (TPSA) is 24.1 Å². The van der Waals surface area contributed by atoms with Crippen LogP contribution in [0.3, 0.4) is 0 Å². The summed E-state index contributed by atoms with van der Waals surface area (Å²) in [4.78, 5) is 0.